The number of nitrogens with one attached hydrogen (secondary N) is 1. The van der Waals surface area contributed by atoms with E-state index in [4.69, 9.17) is 16.3 Å². The van der Waals surface area contributed by atoms with Gasteiger partial charge in [-0.1, -0.05) is 18.5 Å². The van der Waals surface area contributed by atoms with Crippen LogP contribution in [0.2, 0.25) is 5.02 Å². The van der Waals surface area contributed by atoms with Crippen molar-refractivity contribution >= 4 is 17.5 Å². The van der Waals surface area contributed by atoms with Crippen molar-refractivity contribution in [2.75, 3.05) is 13.7 Å². The first-order valence-electron chi connectivity index (χ1n) is 5.36. The Labute approximate surface area is 106 Å². The topological polar surface area (TPSA) is 58.6 Å². The van der Waals surface area contributed by atoms with Crippen LogP contribution in [0.5, 0.6) is 5.75 Å². The van der Waals surface area contributed by atoms with Crippen molar-refractivity contribution in [1.82, 2.24) is 5.32 Å². The first-order valence-corrected chi connectivity index (χ1v) is 5.74. The summed E-state index contributed by atoms with van der Waals surface area (Å²) in [6.45, 7) is 2.40. The zero-order valence-electron chi connectivity index (χ0n) is 9.87. The summed E-state index contributed by atoms with van der Waals surface area (Å²) in [4.78, 5) is 11.9. The lowest BCUT2D eigenvalue weighted by Crippen LogP contribution is -2.37. The summed E-state index contributed by atoms with van der Waals surface area (Å²) in [5, 5.41) is 12.4. The Morgan fingerprint density at radius 2 is 2.29 bits per heavy atom. The average Bonchev–Trinajstić information content (AvgIpc) is 2.31. The first-order chi connectivity index (χ1) is 8.08. The van der Waals surface area contributed by atoms with Crippen molar-refractivity contribution in [3.05, 3.63) is 28.8 Å². The number of methoxy groups -OCH3 is 1. The summed E-state index contributed by atoms with van der Waals surface area (Å²) in [5.41, 5.74) is 0.265. The molecule has 1 unspecified atom stereocenters. The van der Waals surface area contributed by atoms with E-state index in [1.807, 2.05) is 6.92 Å². The molecule has 1 atom stereocenters. The Bertz CT molecular complexity index is 395. The molecule has 0 bridgehead atoms. The van der Waals surface area contributed by atoms with Gasteiger partial charge in [-0.25, -0.2) is 0 Å². The summed E-state index contributed by atoms with van der Waals surface area (Å²) < 4.78 is 4.99. The molecule has 0 saturated carbocycles. The van der Waals surface area contributed by atoms with Gasteiger partial charge in [-0.3, -0.25) is 4.79 Å². The second kappa shape index (κ2) is 6.47. The number of carbonyl (C=O) groups is 1. The largest absolute Gasteiger partial charge is 0.508 e. The molecule has 1 aromatic rings. The van der Waals surface area contributed by atoms with Gasteiger partial charge in [-0.05, 0) is 24.6 Å². The maximum absolute atomic E-state index is 11.9. The molecule has 0 radical (unpaired) electrons. The lowest BCUT2D eigenvalue weighted by atomic mass is 10.1. The Morgan fingerprint density at radius 1 is 1.59 bits per heavy atom. The highest BCUT2D eigenvalue weighted by molar-refractivity contribution is 6.33. The van der Waals surface area contributed by atoms with Gasteiger partial charge in [0.15, 0.2) is 0 Å². The molecule has 0 aliphatic carbocycles. The lowest BCUT2D eigenvalue weighted by molar-refractivity contribution is 0.0894. The molecule has 0 spiro atoms. The number of halogens is 1. The third kappa shape index (κ3) is 3.91. The molecule has 1 aromatic carbocycles. The maximum Gasteiger partial charge on any atom is 0.253 e. The van der Waals surface area contributed by atoms with Gasteiger partial charge < -0.3 is 15.2 Å². The molecule has 94 valence electrons. The summed E-state index contributed by atoms with van der Waals surface area (Å²) in [5.74, 6) is -0.297. The van der Waals surface area contributed by atoms with E-state index in [2.05, 4.69) is 5.32 Å². The van der Waals surface area contributed by atoms with Crippen LogP contribution < -0.4 is 5.32 Å². The molecule has 0 fully saturated rings. The van der Waals surface area contributed by atoms with E-state index < -0.39 is 0 Å². The van der Waals surface area contributed by atoms with Crippen LogP contribution in [0.1, 0.15) is 23.7 Å². The van der Waals surface area contributed by atoms with Crippen LogP contribution >= 0.6 is 11.6 Å². The van der Waals surface area contributed by atoms with Crippen molar-refractivity contribution in [1.29, 1.82) is 0 Å². The minimum absolute atomic E-state index is 0.0133. The fourth-order valence-corrected chi connectivity index (χ4v) is 1.62. The maximum atomic E-state index is 11.9. The highest BCUT2D eigenvalue weighted by atomic mass is 35.5. The van der Waals surface area contributed by atoms with Crippen LogP contribution in [0.25, 0.3) is 0 Å². The summed E-state index contributed by atoms with van der Waals surface area (Å²) in [6, 6.07) is 4.21. The Balaban J connectivity index is 2.78. The second-order valence-electron chi connectivity index (χ2n) is 3.70. The van der Waals surface area contributed by atoms with Crippen molar-refractivity contribution in [3.8, 4) is 5.75 Å². The Hall–Kier alpha value is -1.26. The van der Waals surface area contributed by atoms with E-state index in [0.29, 0.717) is 11.6 Å². The monoisotopic (exact) mass is 257 g/mol. The van der Waals surface area contributed by atoms with Gasteiger partial charge in [0.1, 0.15) is 5.75 Å². The van der Waals surface area contributed by atoms with Crippen LogP contribution in [-0.2, 0) is 4.74 Å². The zero-order chi connectivity index (χ0) is 12.8. The van der Waals surface area contributed by atoms with Gasteiger partial charge in [0.2, 0.25) is 0 Å². The smallest absolute Gasteiger partial charge is 0.253 e. The molecule has 17 heavy (non-hydrogen) atoms. The molecule has 5 heteroatoms. The first kappa shape index (κ1) is 13.8. The van der Waals surface area contributed by atoms with Crippen LogP contribution in [0, 0.1) is 0 Å². The van der Waals surface area contributed by atoms with E-state index in [9.17, 15) is 9.90 Å². The van der Waals surface area contributed by atoms with Crippen LogP contribution in [0.3, 0.4) is 0 Å². The van der Waals surface area contributed by atoms with Crippen LogP contribution in [0.4, 0.5) is 0 Å². The van der Waals surface area contributed by atoms with E-state index in [-0.39, 0.29) is 23.3 Å². The SMILES string of the molecule is CCC(COC)NC(=O)c1cc(O)ccc1Cl. The van der Waals surface area contributed by atoms with Gasteiger partial charge >= 0.3 is 0 Å². The lowest BCUT2D eigenvalue weighted by Gasteiger charge is -2.16. The van der Waals surface area contributed by atoms with Gasteiger partial charge in [0.25, 0.3) is 5.91 Å². The molecule has 1 rings (SSSR count). The predicted octanol–water partition coefficient (Wildman–Crippen LogP) is 2.20. The molecule has 0 heterocycles. The Kier molecular flexibility index (Phi) is 5.25. The third-order valence-corrected chi connectivity index (χ3v) is 2.72. The molecule has 4 nitrogen and oxygen atoms in total. The highest BCUT2D eigenvalue weighted by Gasteiger charge is 2.15. The number of benzene rings is 1. The van der Waals surface area contributed by atoms with Gasteiger partial charge in [-0.2, -0.15) is 0 Å². The molecule has 0 aliphatic rings. The van der Waals surface area contributed by atoms with Crippen molar-refractivity contribution < 1.29 is 14.6 Å². The average molecular weight is 258 g/mol. The fraction of sp³-hybridized carbons (Fsp3) is 0.417. The summed E-state index contributed by atoms with van der Waals surface area (Å²) in [7, 11) is 1.58. The second-order valence-corrected chi connectivity index (χ2v) is 4.11. The van der Waals surface area contributed by atoms with E-state index in [1.54, 1.807) is 7.11 Å². The normalized spacial score (nSPS) is 12.2. The van der Waals surface area contributed by atoms with Gasteiger partial charge in [0.05, 0.1) is 23.2 Å². The minimum Gasteiger partial charge on any atom is -0.508 e. The van der Waals surface area contributed by atoms with Gasteiger partial charge in [0, 0.05) is 7.11 Å². The molecular weight excluding hydrogens is 242 g/mol. The number of phenols is 1. The van der Waals surface area contributed by atoms with E-state index >= 15 is 0 Å². The van der Waals surface area contributed by atoms with Gasteiger partial charge in [-0.15, -0.1) is 0 Å². The zero-order valence-corrected chi connectivity index (χ0v) is 10.6. The van der Waals surface area contributed by atoms with Crippen LogP contribution in [0.15, 0.2) is 18.2 Å². The summed E-state index contributed by atoms with van der Waals surface area (Å²) >= 11 is 5.89. The standard InChI is InChI=1S/C12H16ClNO3/c1-3-8(7-17-2)14-12(16)10-6-9(15)4-5-11(10)13/h4-6,8,15H,3,7H2,1-2H3,(H,14,16). The number of amides is 1. The molecule has 0 aliphatic heterocycles. The number of phenolic OH excluding ortho intramolecular Hbond substituents is 1. The number of rotatable bonds is 5. The number of hydrogen-bond acceptors (Lipinski definition) is 3. The highest BCUT2D eigenvalue weighted by Crippen LogP contribution is 2.21. The fourth-order valence-electron chi connectivity index (χ4n) is 1.41. The molecule has 2 N–H and O–H groups in total. The van der Waals surface area contributed by atoms with Crippen molar-refractivity contribution in [2.24, 2.45) is 0 Å². The number of aromatic hydroxyl groups is 1. The predicted molar refractivity (Wildman–Crippen MR) is 66.5 cm³/mol. The summed E-state index contributed by atoms with van der Waals surface area (Å²) in [6.07, 6.45) is 0.760. The van der Waals surface area contributed by atoms with Crippen molar-refractivity contribution in [3.63, 3.8) is 0 Å². The van der Waals surface area contributed by atoms with E-state index in [1.165, 1.54) is 18.2 Å². The molecule has 1 amide bonds. The quantitative estimate of drug-likeness (QED) is 0.850. The molecule has 0 saturated heterocycles. The molecular formula is C12H16ClNO3. The third-order valence-electron chi connectivity index (χ3n) is 2.39. The van der Waals surface area contributed by atoms with Crippen LogP contribution in [-0.4, -0.2) is 30.8 Å². The van der Waals surface area contributed by atoms with Crippen molar-refractivity contribution in [2.45, 2.75) is 19.4 Å². The number of hydrogen-bond donors (Lipinski definition) is 2. The number of ether oxygens (including phenoxy) is 1. The van der Waals surface area contributed by atoms with E-state index in [0.717, 1.165) is 6.42 Å². The molecule has 0 aromatic heterocycles. The minimum atomic E-state index is -0.310. The Morgan fingerprint density at radius 3 is 2.88 bits per heavy atom. The number of carbonyl (C=O) groups excluding carboxylic acids is 1.